The molecule has 0 atom stereocenters. The van der Waals surface area contributed by atoms with Gasteiger partial charge >= 0.3 is 0 Å². The fourth-order valence-electron chi connectivity index (χ4n) is 2.77. The average Bonchev–Trinajstić information content (AvgIpc) is 3.02. The second-order valence-corrected chi connectivity index (χ2v) is 5.35. The first kappa shape index (κ1) is 13.1. The Bertz CT molecular complexity index is 559. The molecule has 0 amide bonds. The highest BCUT2D eigenvalue weighted by Gasteiger charge is 2.18. The third kappa shape index (κ3) is 2.96. The quantitative estimate of drug-likeness (QED) is 0.892. The summed E-state index contributed by atoms with van der Waals surface area (Å²) >= 11 is 0. The van der Waals surface area contributed by atoms with Crippen molar-refractivity contribution in [2.24, 2.45) is 5.73 Å². The molecular weight excluding hydrogens is 248 g/mol. The van der Waals surface area contributed by atoms with Gasteiger partial charge in [0.25, 0.3) is 0 Å². The summed E-state index contributed by atoms with van der Waals surface area (Å²) in [6.07, 6.45) is 5.14. The Kier molecular flexibility index (Phi) is 3.92. The zero-order valence-electron chi connectivity index (χ0n) is 11.5. The zero-order chi connectivity index (χ0) is 13.8. The number of hydrogen-bond acceptors (Lipinski definition) is 4. The SMILES string of the molecule is NCc1cccc(Nc2ccc(C3CCCC3)nn2)c1. The van der Waals surface area contributed by atoms with Gasteiger partial charge in [0.05, 0.1) is 5.69 Å². The number of nitrogens with one attached hydrogen (secondary N) is 1. The topological polar surface area (TPSA) is 63.8 Å². The van der Waals surface area contributed by atoms with Crippen LogP contribution in [0.5, 0.6) is 0 Å². The number of benzene rings is 1. The monoisotopic (exact) mass is 268 g/mol. The van der Waals surface area contributed by atoms with E-state index in [1.807, 2.05) is 30.3 Å². The predicted molar refractivity (Wildman–Crippen MR) is 80.9 cm³/mol. The minimum absolute atomic E-state index is 0.543. The van der Waals surface area contributed by atoms with E-state index < -0.39 is 0 Å². The Hall–Kier alpha value is -1.94. The molecule has 1 aromatic heterocycles. The Morgan fingerprint density at radius 3 is 2.65 bits per heavy atom. The number of nitrogens with zero attached hydrogens (tertiary/aromatic N) is 2. The van der Waals surface area contributed by atoms with Crippen molar-refractivity contribution >= 4 is 11.5 Å². The van der Waals surface area contributed by atoms with Gasteiger partial charge in [0.1, 0.15) is 0 Å². The summed E-state index contributed by atoms with van der Waals surface area (Å²) in [6, 6.07) is 12.1. The number of aromatic nitrogens is 2. The molecule has 0 radical (unpaired) electrons. The first-order valence-corrected chi connectivity index (χ1v) is 7.25. The summed E-state index contributed by atoms with van der Waals surface area (Å²) in [4.78, 5) is 0. The molecule has 3 N–H and O–H groups in total. The summed E-state index contributed by atoms with van der Waals surface area (Å²) in [5.41, 5.74) is 8.87. The standard InChI is InChI=1S/C16H20N4/c17-11-12-4-3-7-14(10-12)18-16-9-8-15(19-20-16)13-5-1-2-6-13/h3-4,7-10,13H,1-2,5-6,11,17H2,(H,18,20). The van der Waals surface area contributed by atoms with Crippen LogP contribution in [0.2, 0.25) is 0 Å². The summed E-state index contributed by atoms with van der Waals surface area (Å²) < 4.78 is 0. The van der Waals surface area contributed by atoms with E-state index in [9.17, 15) is 0 Å². The Morgan fingerprint density at radius 1 is 1.10 bits per heavy atom. The molecule has 20 heavy (non-hydrogen) atoms. The van der Waals surface area contributed by atoms with Gasteiger partial charge in [-0.05, 0) is 42.7 Å². The van der Waals surface area contributed by atoms with Crippen molar-refractivity contribution < 1.29 is 0 Å². The number of rotatable bonds is 4. The molecule has 1 fully saturated rings. The lowest BCUT2D eigenvalue weighted by Gasteiger charge is -2.09. The van der Waals surface area contributed by atoms with Crippen molar-refractivity contribution in [2.75, 3.05) is 5.32 Å². The molecule has 0 saturated heterocycles. The van der Waals surface area contributed by atoms with Crippen molar-refractivity contribution in [1.82, 2.24) is 10.2 Å². The predicted octanol–water partition coefficient (Wildman–Crippen LogP) is 3.34. The van der Waals surface area contributed by atoms with Crippen LogP contribution in [0.1, 0.15) is 42.9 Å². The summed E-state index contributed by atoms with van der Waals surface area (Å²) in [7, 11) is 0. The van der Waals surface area contributed by atoms with Crippen molar-refractivity contribution in [2.45, 2.75) is 38.1 Å². The lowest BCUT2D eigenvalue weighted by atomic mass is 10.0. The molecule has 4 nitrogen and oxygen atoms in total. The van der Waals surface area contributed by atoms with Gasteiger partial charge in [-0.1, -0.05) is 25.0 Å². The number of nitrogens with two attached hydrogens (primary N) is 1. The maximum absolute atomic E-state index is 5.65. The van der Waals surface area contributed by atoms with E-state index in [4.69, 9.17) is 5.73 Å². The van der Waals surface area contributed by atoms with Crippen molar-refractivity contribution in [3.05, 3.63) is 47.7 Å². The normalized spacial score (nSPS) is 15.4. The van der Waals surface area contributed by atoms with Crippen LogP contribution >= 0.6 is 0 Å². The van der Waals surface area contributed by atoms with Crippen LogP contribution in [0, 0.1) is 0 Å². The maximum atomic E-state index is 5.65. The number of anilines is 2. The summed E-state index contributed by atoms with van der Waals surface area (Å²) in [5.74, 6) is 1.39. The zero-order valence-corrected chi connectivity index (χ0v) is 11.5. The molecule has 0 spiro atoms. The van der Waals surface area contributed by atoms with Crippen LogP contribution in [0.15, 0.2) is 36.4 Å². The van der Waals surface area contributed by atoms with Gasteiger partial charge in [-0.2, -0.15) is 5.10 Å². The van der Waals surface area contributed by atoms with Crippen molar-refractivity contribution in [3.63, 3.8) is 0 Å². The third-order valence-electron chi connectivity index (χ3n) is 3.89. The lowest BCUT2D eigenvalue weighted by molar-refractivity contribution is 0.681. The summed E-state index contributed by atoms with van der Waals surface area (Å²) in [6.45, 7) is 0.543. The molecule has 0 bridgehead atoms. The molecule has 1 heterocycles. The lowest BCUT2D eigenvalue weighted by Crippen LogP contribution is -2.02. The van der Waals surface area contributed by atoms with E-state index in [-0.39, 0.29) is 0 Å². The van der Waals surface area contributed by atoms with Gasteiger partial charge in [0, 0.05) is 18.2 Å². The van der Waals surface area contributed by atoms with E-state index >= 15 is 0 Å². The van der Waals surface area contributed by atoms with Crippen LogP contribution in [0.4, 0.5) is 11.5 Å². The minimum Gasteiger partial charge on any atom is -0.339 e. The molecule has 4 heteroatoms. The van der Waals surface area contributed by atoms with Gasteiger partial charge < -0.3 is 11.1 Å². The molecular formula is C16H20N4. The second kappa shape index (κ2) is 6.01. The molecule has 0 aliphatic heterocycles. The van der Waals surface area contributed by atoms with Crippen LogP contribution < -0.4 is 11.1 Å². The highest BCUT2D eigenvalue weighted by atomic mass is 15.2. The second-order valence-electron chi connectivity index (χ2n) is 5.35. The fourth-order valence-corrected chi connectivity index (χ4v) is 2.77. The fraction of sp³-hybridized carbons (Fsp3) is 0.375. The van der Waals surface area contributed by atoms with Gasteiger partial charge in [-0.3, -0.25) is 0 Å². The highest BCUT2D eigenvalue weighted by Crippen LogP contribution is 2.32. The Labute approximate surface area is 119 Å². The minimum atomic E-state index is 0.543. The van der Waals surface area contributed by atoms with Gasteiger partial charge in [-0.15, -0.1) is 5.10 Å². The molecule has 0 unspecified atom stereocenters. The molecule has 3 rings (SSSR count). The summed E-state index contributed by atoms with van der Waals surface area (Å²) in [5, 5.41) is 11.9. The van der Waals surface area contributed by atoms with E-state index in [1.165, 1.54) is 25.7 Å². The molecule has 2 aromatic rings. The van der Waals surface area contributed by atoms with E-state index in [0.29, 0.717) is 12.5 Å². The van der Waals surface area contributed by atoms with Crippen molar-refractivity contribution in [1.29, 1.82) is 0 Å². The van der Waals surface area contributed by atoms with Crippen molar-refractivity contribution in [3.8, 4) is 0 Å². The molecule has 1 aliphatic carbocycles. The first-order valence-electron chi connectivity index (χ1n) is 7.25. The highest BCUT2D eigenvalue weighted by molar-refractivity contribution is 5.56. The molecule has 104 valence electrons. The van der Waals surface area contributed by atoms with Crippen LogP contribution in [-0.2, 0) is 6.54 Å². The smallest absolute Gasteiger partial charge is 0.153 e. The molecule has 1 aliphatic rings. The Balaban J connectivity index is 1.71. The average molecular weight is 268 g/mol. The largest absolute Gasteiger partial charge is 0.339 e. The first-order chi connectivity index (χ1) is 9.85. The molecule has 1 aromatic carbocycles. The van der Waals surface area contributed by atoms with E-state index in [1.54, 1.807) is 0 Å². The van der Waals surface area contributed by atoms with Crippen LogP contribution in [0.3, 0.4) is 0 Å². The van der Waals surface area contributed by atoms with Gasteiger partial charge in [0.15, 0.2) is 5.82 Å². The molecule has 1 saturated carbocycles. The maximum Gasteiger partial charge on any atom is 0.153 e. The van der Waals surface area contributed by atoms with Gasteiger partial charge in [0.2, 0.25) is 0 Å². The van der Waals surface area contributed by atoms with E-state index in [0.717, 1.165) is 22.8 Å². The van der Waals surface area contributed by atoms with Crippen LogP contribution in [-0.4, -0.2) is 10.2 Å². The third-order valence-corrected chi connectivity index (χ3v) is 3.89. The Morgan fingerprint density at radius 2 is 1.95 bits per heavy atom. The van der Waals surface area contributed by atoms with Crippen LogP contribution in [0.25, 0.3) is 0 Å². The number of hydrogen-bond donors (Lipinski definition) is 2. The van der Waals surface area contributed by atoms with E-state index in [2.05, 4.69) is 21.6 Å². The van der Waals surface area contributed by atoms with Gasteiger partial charge in [-0.25, -0.2) is 0 Å².